The van der Waals surface area contributed by atoms with Crippen molar-refractivity contribution in [3.05, 3.63) is 30.1 Å². The van der Waals surface area contributed by atoms with Gasteiger partial charge < -0.3 is 16.8 Å². The van der Waals surface area contributed by atoms with Gasteiger partial charge in [-0.1, -0.05) is 13.0 Å². The van der Waals surface area contributed by atoms with Crippen LogP contribution in [-0.2, 0) is 6.42 Å². The van der Waals surface area contributed by atoms with Gasteiger partial charge in [0.25, 0.3) is 0 Å². The molecule has 92 valence electrons. The average Bonchev–Trinajstić information content (AvgIpc) is 2.27. The number of hydrogen-bond donors (Lipinski definition) is 3. The quantitative estimate of drug-likeness (QED) is 0.410. The summed E-state index contributed by atoms with van der Waals surface area (Å²) in [6.07, 6.45) is 2.68. The van der Waals surface area contributed by atoms with E-state index in [1.54, 1.807) is 6.20 Å². The number of aliphatic imine (C=N–C) groups is 1. The summed E-state index contributed by atoms with van der Waals surface area (Å²) in [5.74, 6) is 0.372. The lowest BCUT2D eigenvalue weighted by molar-refractivity contribution is 0.557. The van der Waals surface area contributed by atoms with Crippen LogP contribution in [0.5, 0.6) is 0 Å². The van der Waals surface area contributed by atoms with Crippen molar-refractivity contribution < 1.29 is 0 Å². The number of rotatable bonds is 4. The van der Waals surface area contributed by atoms with E-state index >= 15 is 0 Å². The smallest absolute Gasteiger partial charge is 0.196 e. The number of guanidine groups is 1. The predicted octanol–water partition coefficient (Wildman–Crippen LogP) is 0.408. The highest BCUT2D eigenvalue weighted by Gasteiger charge is 2.05. The van der Waals surface area contributed by atoms with Gasteiger partial charge in [0, 0.05) is 18.4 Å². The molecule has 0 aliphatic heterocycles. The van der Waals surface area contributed by atoms with E-state index in [0.717, 1.165) is 12.1 Å². The maximum atomic E-state index is 5.21. The highest BCUT2D eigenvalue weighted by atomic mass is 32.1. The Bertz CT molecular complexity index is 386. The molecule has 1 heterocycles. The molecular weight excluding hydrogens is 234 g/mol. The second kappa shape index (κ2) is 6.80. The van der Waals surface area contributed by atoms with Gasteiger partial charge in [0.1, 0.15) is 0 Å². The van der Waals surface area contributed by atoms with Gasteiger partial charge in [0.15, 0.2) is 11.1 Å². The molecule has 0 saturated heterocycles. The molecule has 0 spiro atoms. The number of nitrogens with one attached hydrogen (secondary N) is 1. The molecule has 1 aromatic rings. The molecule has 1 aromatic heterocycles. The van der Waals surface area contributed by atoms with Crippen molar-refractivity contribution in [2.45, 2.75) is 13.3 Å². The van der Waals surface area contributed by atoms with Crippen LogP contribution in [0.15, 0.2) is 29.4 Å². The van der Waals surface area contributed by atoms with E-state index in [4.69, 9.17) is 23.7 Å². The Labute approximate surface area is 106 Å². The maximum absolute atomic E-state index is 5.21. The van der Waals surface area contributed by atoms with E-state index in [0.29, 0.717) is 17.6 Å². The van der Waals surface area contributed by atoms with Crippen molar-refractivity contribution in [3.8, 4) is 0 Å². The van der Waals surface area contributed by atoms with Gasteiger partial charge in [-0.2, -0.15) is 4.99 Å². The van der Waals surface area contributed by atoms with Gasteiger partial charge in [0.2, 0.25) is 0 Å². The molecule has 0 amide bonds. The molecule has 6 heteroatoms. The topological polar surface area (TPSA) is 89.3 Å². The summed E-state index contributed by atoms with van der Waals surface area (Å²) in [7, 11) is 0. The van der Waals surface area contributed by atoms with Crippen LogP contribution in [0.3, 0.4) is 0 Å². The summed E-state index contributed by atoms with van der Waals surface area (Å²) in [5, 5.41) is 3.31. The number of hydrogen-bond acceptors (Lipinski definition) is 2. The third kappa shape index (κ3) is 5.82. The maximum Gasteiger partial charge on any atom is 0.196 e. The normalized spacial score (nSPS) is 11.6. The van der Waals surface area contributed by atoms with Crippen molar-refractivity contribution in [1.29, 1.82) is 0 Å². The summed E-state index contributed by atoms with van der Waals surface area (Å²) in [4.78, 5) is 8.00. The van der Waals surface area contributed by atoms with Crippen LogP contribution >= 0.6 is 12.2 Å². The number of aromatic nitrogens is 1. The van der Waals surface area contributed by atoms with E-state index in [1.165, 1.54) is 0 Å². The lowest BCUT2D eigenvalue weighted by Gasteiger charge is -2.11. The monoisotopic (exact) mass is 251 g/mol. The molecule has 1 atom stereocenters. The largest absolute Gasteiger partial charge is 0.370 e. The first-order valence-electron chi connectivity index (χ1n) is 5.35. The van der Waals surface area contributed by atoms with Crippen molar-refractivity contribution in [1.82, 2.24) is 10.3 Å². The van der Waals surface area contributed by atoms with Crippen LogP contribution in [0.4, 0.5) is 0 Å². The molecule has 5 N–H and O–H groups in total. The molecule has 0 radical (unpaired) electrons. The molecule has 0 saturated carbocycles. The Morgan fingerprint density at radius 3 is 2.88 bits per heavy atom. The molecule has 0 aliphatic rings. The number of thiocarbonyl (C=S) groups is 1. The predicted molar refractivity (Wildman–Crippen MR) is 73.5 cm³/mol. The Hall–Kier alpha value is -1.69. The van der Waals surface area contributed by atoms with Crippen LogP contribution in [0.2, 0.25) is 0 Å². The molecule has 5 nitrogen and oxygen atoms in total. The summed E-state index contributed by atoms with van der Waals surface area (Å²) in [6.45, 7) is 2.83. The minimum absolute atomic E-state index is 0.0279. The highest BCUT2D eigenvalue weighted by Crippen LogP contribution is 2.04. The van der Waals surface area contributed by atoms with Crippen LogP contribution < -0.4 is 16.8 Å². The van der Waals surface area contributed by atoms with Crippen LogP contribution in [-0.4, -0.2) is 22.6 Å². The van der Waals surface area contributed by atoms with Crippen LogP contribution in [0.1, 0.15) is 12.6 Å². The third-order valence-corrected chi connectivity index (χ3v) is 2.35. The van der Waals surface area contributed by atoms with Gasteiger partial charge in [-0.3, -0.25) is 4.98 Å². The molecule has 0 bridgehead atoms. The third-order valence-electron chi connectivity index (χ3n) is 2.12. The summed E-state index contributed by atoms with van der Waals surface area (Å²) in [5.41, 5.74) is 11.5. The Morgan fingerprint density at radius 1 is 1.53 bits per heavy atom. The minimum atomic E-state index is -0.0279. The van der Waals surface area contributed by atoms with Crippen molar-refractivity contribution in [2.24, 2.45) is 22.4 Å². The zero-order valence-electron chi connectivity index (χ0n) is 9.76. The Balaban J connectivity index is 2.33. The summed E-state index contributed by atoms with van der Waals surface area (Å²) < 4.78 is 0. The molecule has 0 aromatic carbocycles. The van der Waals surface area contributed by atoms with E-state index in [9.17, 15) is 0 Å². The molecule has 0 aliphatic carbocycles. The standard InChI is InChI=1S/C11H17N5S/c1-8(6-9-4-2-3-5-14-9)7-15-11(17)16-10(12)13/h2-5,8H,6-7H2,1H3,(H5,12,13,15,16,17). The second-order valence-corrected chi connectivity index (χ2v) is 4.24. The Kier molecular flexibility index (Phi) is 5.35. The van der Waals surface area contributed by atoms with Gasteiger partial charge in [-0.25, -0.2) is 0 Å². The van der Waals surface area contributed by atoms with Gasteiger partial charge in [-0.05, 0) is 36.7 Å². The molecule has 1 unspecified atom stereocenters. The van der Waals surface area contributed by atoms with Crippen LogP contribution in [0, 0.1) is 5.92 Å². The van der Waals surface area contributed by atoms with Gasteiger partial charge in [0.05, 0.1) is 0 Å². The zero-order valence-corrected chi connectivity index (χ0v) is 10.6. The fourth-order valence-corrected chi connectivity index (χ4v) is 1.56. The number of pyridine rings is 1. The molecule has 1 rings (SSSR count). The number of nitrogens with two attached hydrogens (primary N) is 2. The van der Waals surface area contributed by atoms with Crippen LogP contribution in [0.25, 0.3) is 0 Å². The van der Waals surface area contributed by atoms with Crippen molar-refractivity contribution in [2.75, 3.05) is 6.54 Å². The second-order valence-electron chi connectivity index (χ2n) is 3.85. The molecule has 17 heavy (non-hydrogen) atoms. The first kappa shape index (κ1) is 13.4. The fraction of sp³-hybridized carbons (Fsp3) is 0.364. The minimum Gasteiger partial charge on any atom is -0.370 e. The van der Waals surface area contributed by atoms with E-state index in [1.807, 2.05) is 18.2 Å². The lowest BCUT2D eigenvalue weighted by Crippen LogP contribution is -2.31. The first-order valence-corrected chi connectivity index (χ1v) is 5.76. The highest BCUT2D eigenvalue weighted by molar-refractivity contribution is 7.80. The summed E-state index contributed by atoms with van der Waals surface area (Å²) in [6, 6.07) is 5.89. The van der Waals surface area contributed by atoms with Gasteiger partial charge >= 0.3 is 0 Å². The first-order chi connectivity index (χ1) is 8.08. The van der Waals surface area contributed by atoms with E-state index in [2.05, 4.69) is 22.2 Å². The van der Waals surface area contributed by atoms with E-state index < -0.39 is 0 Å². The molecular formula is C11H17N5S. The molecule has 0 fully saturated rings. The van der Waals surface area contributed by atoms with Gasteiger partial charge in [-0.15, -0.1) is 0 Å². The van der Waals surface area contributed by atoms with Crippen molar-refractivity contribution in [3.63, 3.8) is 0 Å². The van der Waals surface area contributed by atoms with E-state index in [-0.39, 0.29) is 5.96 Å². The van der Waals surface area contributed by atoms with Crippen molar-refractivity contribution >= 4 is 23.3 Å². The average molecular weight is 251 g/mol. The fourth-order valence-electron chi connectivity index (χ4n) is 1.37. The lowest BCUT2D eigenvalue weighted by atomic mass is 10.1. The number of nitrogens with zero attached hydrogens (tertiary/aromatic N) is 2. The summed E-state index contributed by atoms with van der Waals surface area (Å²) >= 11 is 4.94. The Morgan fingerprint density at radius 2 is 2.29 bits per heavy atom. The SMILES string of the molecule is CC(CNC(=S)N=C(N)N)Cc1ccccn1. The zero-order chi connectivity index (χ0) is 12.7.